The number of hydrogen-bond donors (Lipinski definition) is 8. The van der Waals surface area contributed by atoms with Gasteiger partial charge in [-0.05, 0) is 25.3 Å². The molecule has 0 aliphatic rings. The second-order valence-corrected chi connectivity index (χ2v) is 7.98. The Morgan fingerprint density at radius 2 is 1.62 bits per heavy atom. The van der Waals surface area contributed by atoms with E-state index in [1.807, 2.05) is 6.07 Å². The molecule has 0 heterocycles. The van der Waals surface area contributed by atoms with Crippen LogP contribution in [0.25, 0.3) is 0 Å². The molecule has 1 aromatic carbocycles. The van der Waals surface area contributed by atoms with Gasteiger partial charge in [-0.25, -0.2) is 4.79 Å². The van der Waals surface area contributed by atoms with Crippen LogP contribution in [0.2, 0.25) is 0 Å². The van der Waals surface area contributed by atoms with Gasteiger partial charge in [0.1, 0.15) is 18.1 Å². The van der Waals surface area contributed by atoms with E-state index in [1.165, 1.54) is 6.92 Å². The first-order valence-corrected chi connectivity index (χ1v) is 11.3. The average Bonchev–Trinajstić information content (AvgIpc) is 2.79. The van der Waals surface area contributed by atoms with Crippen molar-refractivity contribution in [3.63, 3.8) is 0 Å². The van der Waals surface area contributed by atoms with Crippen molar-refractivity contribution >= 4 is 42.3 Å². The Balaban J connectivity index is 2.80. The second-order valence-electron chi connectivity index (χ2n) is 7.62. The van der Waals surface area contributed by atoms with Gasteiger partial charge in [0.2, 0.25) is 17.7 Å². The number of carboxylic acid groups (broad SMARTS) is 1. The lowest BCUT2D eigenvalue weighted by Gasteiger charge is -2.23. The van der Waals surface area contributed by atoms with E-state index in [-0.39, 0.29) is 31.1 Å². The number of rotatable bonds is 14. The molecule has 0 fully saturated rings. The molecule has 13 heteroatoms. The van der Waals surface area contributed by atoms with Crippen LogP contribution >= 0.6 is 12.6 Å². The van der Waals surface area contributed by atoms with Gasteiger partial charge in [0, 0.05) is 18.7 Å². The molecule has 12 nitrogen and oxygen atoms in total. The summed E-state index contributed by atoms with van der Waals surface area (Å²) in [5.74, 6) is -3.13. The first kappa shape index (κ1) is 28.7. The van der Waals surface area contributed by atoms with Crippen molar-refractivity contribution in [3.8, 4) is 0 Å². The van der Waals surface area contributed by atoms with Crippen molar-refractivity contribution in [2.45, 2.75) is 50.4 Å². The van der Waals surface area contributed by atoms with Crippen LogP contribution in [0.5, 0.6) is 0 Å². The smallest absolute Gasteiger partial charge is 0.326 e. The molecule has 1 aromatic rings. The Morgan fingerprint density at radius 3 is 2.18 bits per heavy atom. The Labute approximate surface area is 203 Å². The third kappa shape index (κ3) is 10.5. The predicted molar refractivity (Wildman–Crippen MR) is 131 cm³/mol. The van der Waals surface area contributed by atoms with Crippen LogP contribution in [0.1, 0.15) is 25.3 Å². The van der Waals surface area contributed by atoms with Gasteiger partial charge in [-0.1, -0.05) is 30.3 Å². The standard InChI is InChI=1S/C21H33N7O5S/c1-12(17(29)27-15(20(32)33)8-5-9-25-21(23)24)26-19(31)16(28-18(30)14(22)11-34)10-13-6-3-2-4-7-13/h2-4,6-7,12,14-16,34H,5,8-11,22H2,1H3,(H,26,31)(H,27,29)(H,28,30)(H,32,33)(H4,23,24,25). The maximum atomic E-state index is 12.9. The minimum atomic E-state index is -1.23. The molecule has 34 heavy (non-hydrogen) atoms. The molecular formula is C21H33N7O5S. The summed E-state index contributed by atoms with van der Waals surface area (Å²) in [4.78, 5) is 52.9. The number of benzene rings is 1. The van der Waals surface area contributed by atoms with Crippen LogP contribution in [0.15, 0.2) is 35.3 Å². The maximum absolute atomic E-state index is 12.9. The number of hydrogen-bond acceptors (Lipinski definition) is 7. The number of aliphatic imine (C=N–C) groups is 1. The van der Waals surface area contributed by atoms with Crippen LogP contribution in [-0.4, -0.2) is 71.2 Å². The van der Waals surface area contributed by atoms with Crippen molar-refractivity contribution in [2.24, 2.45) is 22.2 Å². The van der Waals surface area contributed by atoms with E-state index in [1.54, 1.807) is 24.3 Å². The number of nitrogens with two attached hydrogens (primary N) is 3. The van der Waals surface area contributed by atoms with Gasteiger partial charge in [0.25, 0.3) is 0 Å². The fourth-order valence-electron chi connectivity index (χ4n) is 2.86. The lowest BCUT2D eigenvalue weighted by atomic mass is 10.0. The number of carboxylic acids is 1. The lowest BCUT2D eigenvalue weighted by molar-refractivity contribution is -0.142. The third-order valence-electron chi connectivity index (χ3n) is 4.76. The number of nitrogens with zero attached hydrogens (tertiary/aromatic N) is 1. The normalized spacial score (nSPS) is 14.1. The molecule has 4 atom stereocenters. The zero-order valence-corrected chi connectivity index (χ0v) is 19.8. The van der Waals surface area contributed by atoms with Crippen molar-refractivity contribution in [3.05, 3.63) is 35.9 Å². The van der Waals surface area contributed by atoms with Crippen LogP contribution in [0, 0.1) is 0 Å². The summed E-state index contributed by atoms with van der Waals surface area (Å²) in [7, 11) is 0. The summed E-state index contributed by atoms with van der Waals surface area (Å²) in [5, 5.41) is 16.8. The topological polar surface area (TPSA) is 215 Å². The zero-order valence-electron chi connectivity index (χ0n) is 18.9. The Morgan fingerprint density at radius 1 is 1.00 bits per heavy atom. The Hall–Kier alpha value is -3.32. The van der Waals surface area contributed by atoms with E-state index < -0.39 is 47.9 Å². The van der Waals surface area contributed by atoms with E-state index in [0.717, 1.165) is 5.56 Å². The molecule has 0 radical (unpaired) electrons. The number of carbonyl (C=O) groups excluding carboxylic acids is 3. The van der Waals surface area contributed by atoms with Gasteiger partial charge in [-0.3, -0.25) is 19.4 Å². The van der Waals surface area contributed by atoms with Crippen molar-refractivity contribution in [1.29, 1.82) is 0 Å². The second kappa shape index (κ2) is 14.8. The van der Waals surface area contributed by atoms with Crippen LogP contribution in [0.4, 0.5) is 0 Å². The molecule has 0 saturated carbocycles. The minimum Gasteiger partial charge on any atom is -0.480 e. The summed E-state index contributed by atoms with van der Waals surface area (Å²) >= 11 is 3.99. The molecule has 3 amide bonds. The van der Waals surface area contributed by atoms with E-state index in [9.17, 15) is 24.3 Å². The van der Waals surface area contributed by atoms with Gasteiger partial charge in [-0.15, -0.1) is 0 Å². The summed E-state index contributed by atoms with van der Waals surface area (Å²) < 4.78 is 0. The monoisotopic (exact) mass is 495 g/mol. The van der Waals surface area contributed by atoms with Gasteiger partial charge < -0.3 is 38.3 Å². The van der Waals surface area contributed by atoms with E-state index >= 15 is 0 Å². The molecule has 4 unspecified atom stereocenters. The first-order valence-electron chi connectivity index (χ1n) is 10.6. The fraction of sp³-hybridized carbons (Fsp3) is 0.476. The molecule has 0 aliphatic heterocycles. The first-order chi connectivity index (χ1) is 16.0. The Kier molecular flexibility index (Phi) is 12.5. The highest BCUT2D eigenvalue weighted by atomic mass is 32.1. The third-order valence-corrected chi connectivity index (χ3v) is 5.15. The molecule has 10 N–H and O–H groups in total. The highest BCUT2D eigenvalue weighted by molar-refractivity contribution is 7.80. The highest BCUT2D eigenvalue weighted by Gasteiger charge is 2.28. The average molecular weight is 496 g/mol. The van der Waals surface area contributed by atoms with Crippen LogP contribution < -0.4 is 33.2 Å². The summed E-state index contributed by atoms with van der Waals surface area (Å²) in [5.41, 5.74) is 16.9. The summed E-state index contributed by atoms with van der Waals surface area (Å²) in [6, 6.07) is 4.81. The van der Waals surface area contributed by atoms with Gasteiger partial charge in [0.05, 0.1) is 6.04 Å². The van der Waals surface area contributed by atoms with E-state index in [2.05, 4.69) is 33.6 Å². The van der Waals surface area contributed by atoms with Crippen molar-refractivity contribution < 1.29 is 24.3 Å². The highest BCUT2D eigenvalue weighted by Crippen LogP contribution is 2.05. The molecule has 0 aliphatic carbocycles. The number of aliphatic carboxylic acids is 1. The van der Waals surface area contributed by atoms with Gasteiger partial charge in [0.15, 0.2) is 5.96 Å². The minimum absolute atomic E-state index is 0.0874. The number of guanidine groups is 1. The molecule has 188 valence electrons. The number of thiol groups is 1. The van der Waals surface area contributed by atoms with E-state index in [4.69, 9.17) is 17.2 Å². The van der Waals surface area contributed by atoms with Crippen LogP contribution in [-0.2, 0) is 25.6 Å². The van der Waals surface area contributed by atoms with Gasteiger partial charge in [-0.2, -0.15) is 12.6 Å². The number of carbonyl (C=O) groups is 4. The van der Waals surface area contributed by atoms with E-state index in [0.29, 0.717) is 6.42 Å². The predicted octanol–water partition coefficient (Wildman–Crippen LogP) is -1.90. The largest absolute Gasteiger partial charge is 0.480 e. The van der Waals surface area contributed by atoms with Crippen molar-refractivity contribution in [1.82, 2.24) is 16.0 Å². The molecule has 0 bridgehead atoms. The molecular weight excluding hydrogens is 462 g/mol. The maximum Gasteiger partial charge on any atom is 0.326 e. The SMILES string of the molecule is CC(NC(=O)C(Cc1ccccc1)NC(=O)C(N)CS)C(=O)NC(CCCN=C(N)N)C(=O)O. The molecule has 0 spiro atoms. The zero-order chi connectivity index (χ0) is 25.7. The van der Waals surface area contributed by atoms with Gasteiger partial charge >= 0.3 is 5.97 Å². The summed E-state index contributed by atoms with van der Waals surface area (Å²) in [6.07, 6.45) is 0.577. The van der Waals surface area contributed by atoms with Crippen LogP contribution in [0.3, 0.4) is 0 Å². The quantitative estimate of drug-likeness (QED) is 0.0629. The fourth-order valence-corrected chi connectivity index (χ4v) is 3.02. The number of amides is 3. The summed E-state index contributed by atoms with van der Waals surface area (Å²) in [6.45, 7) is 1.62. The molecule has 0 aromatic heterocycles. The Bertz CT molecular complexity index is 864. The molecule has 1 rings (SSSR count). The van der Waals surface area contributed by atoms with Crippen molar-refractivity contribution in [2.75, 3.05) is 12.3 Å². The molecule has 0 saturated heterocycles. The number of nitrogens with one attached hydrogen (secondary N) is 3. The lowest BCUT2D eigenvalue weighted by Crippen LogP contribution is -2.57.